The van der Waals surface area contributed by atoms with Gasteiger partial charge >= 0.3 is 23.5 Å². The number of phosphoric ester groups is 3. The fourth-order valence-electron chi connectivity index (χ4n) is 5.05. The Morgan fingerprint density at radius 3 is 2.35 bits per heavy atom. The van der Waals surface area contributed by atoms with E-state index in [0.29, 0.717) is 11.3 Å². The molecule has 57 heavy (non-hydrogen) atoms. The van der Waals surface area contributed by atoms with Crippen molar-refractivity contribution in [2.24, 2.45) is 5.41 Å². The Morgan fingerprint density at radius 1 is 1.02 bits per heavy atom. The van der Waals surface area contributed by atoms with Gasteiger partial charge in [-0.25, -0.2) is 28.6 Å². The van der Waals surface area contributed by atoms with Crippen molar-refractivity contribution in [2.45, 2.75) is 57.8 Å². The molecule has 2 unspecified atom stereocenters. The number of nitrogens with zero attached hydrogens (tertiary/aromatic N) is 4. The summed E-state index contributed by atoms with van der Waals surface area (Å²) in [4.78, 5) is 87.9. The van der Waals surface area contributed by atoms with Crippen LogP contribution < -0.4 is 16.4 Å². The highest BCUT2D eigenvalue weighted by molar-refractivity contribution is 8.14. The molecule has 4 rings (SSSR count). The van der Waals surface area contributed by atoms with Crippen molar-refractivity contribution in [3.05, 3.63) is 48.0 Å². The van der Waals surface area contributed by atoms with Crippen LogP contribution in [0, 0.1) is 12.3 Å². The molecule has 1 fully saturated rings. The van der Waals surface area contributed by atoms with E-state index < -0.39 is 84.6 Å². The Balaban J connectivity index is 1.23. The SMILES string of the molecule is Cc1ccc(C(=O)SCCNC(=O)CCNC(=O)[C@H](O)C(C)(C)COP(=O)(O)OP(=O)(O)OC[C@H]2O[C@@H](n3cnc4c(N)ncnc43)[C@H](O)[C@@H]2OP(=O)(O)O)cc1. The smallest absolute Gasteiger partial charge is 0.386 e. The summed E-state index contributed by atoms with van der Waals surface area (Å²) in [5, 5.41) is 26.2. The van der Waals surface area contributed by atoms with Crippen LogP contribution in [0.25, 0.3) is 11.2 Å². The van der Waals surface area contributed by atoms with Crippen LogP contribution in [0.2, 0.25) is 0 Å². The van der Waals surface area contributed by atoms with Crippen LogP contribution in [0.1, 0.15) is 42.4 Å². The van der Waals surface area contributed by atoms with E-state index >= 15 is 0 Å². The molecule has 10 N–H and O–H groups in total. The molecule has 2 amide bonds. The first-order valence-corrected chi connectivity index (χ1v) is 22.1. The lowest BCUT2D eigenvalue weighted by Crippen LogP contribution is -2.46. The summed E-state index contributed by atoms with van der Waals surface area (Å²) < 4.78 is 62.1. The molecule has 1 aliphatic heterocycles. The van der Waals surface area contributed by atoms with Crippen molar-refractivity contribution in [1.82, 2.24) is 30.2 Å². The zero-order valence-electron chi connectivity index (χ0n) is 30.4. The molecule has 3 aromatic rings. The highest BCUT2D eigenvalue weighted by atomic mass is 32.2. The summed E-state index contributed by atoms with van der Waals surface area (Å²) in [6.07, 6.45) is -6.94. The number of nitrogens with two attached hydrogens (primary N) is 1. The van der Waals surface area contributed by atoms with E-state index in [2.05, 4.69) is 34.4 Å². The van der Waals surface area contributed by atoms with Crippen molar-refractivity contribution in [3.63, 3.8) is 0 Å². The number of benzene rings is 1. The van der Waals surface area contributed by atoms with E-state index in [0.717, 1.165) is 34.5 Å². The van der Waals surface area contributed by atoms with Crippen molar-refractivity contribution in [2.75, 3.05) is 37.8 Å². The van der Waals surface area contributed by atoms with Gasteiger partial charge in [0.1, 0.15) is 36.3 Å². The molecular formula is C29H42N7O17P3S. The summed E-state index contributed by atoms with van der Waals surface area (Å²) >= 11 is 1.03. The summed E-state index contributed by atoms with van der Waals surface area (Å²) in [6.45, 7) is 2.35. The maximum atomic E-state index is 12.7. The van der Waals surface area contributed by atoms with Crippen LogP contribution >= 0.6 is 35.2 Å². The van der Waals surface area contributed by atoms with E-state index in [-0.39, 0.29) is 41.6 Å². The highest BCUT2D eigenvalue weighted by Gasteiger charge is 2.50. The molecule has 7 atom stereocenters. The highest BCUT2D eigenvalue weighted by Crippen LogP contribution is 2.61. The van der Waals surface area contributed by atoms with E-state index in [1.807, 2.05) is 19.1 Å². The molecule has 0 bridgehead atoms. The van der Waals surface area contributed by atoms with Crippen molar-refractivity contribution in [1.29, 1.82) is 0 Å². The molecule has 1 aromatic carbocycles. The second-order valence-electron chi connectivity index (χ2n) is 13.1. The molecule has 1 aliphatic rings. The third-order valence-corrected chi connectivity index (χ3v) is 12.0. The Kier molecular flexibility index (Phi) is 15.7. The first-order valence-electron chi connectivity index (χ1n) is 16.6. The summed E-state index contributed by atoms with van der Waals surface area (Å²) in [6, 6.07) is 7.04. The second-order valence-corrected chi connectivity index (χ2v) is 18.4. The number of fused-ring (bicyclic) bond motifs is 1. The number of phosphoric acid groups is 3. The van der Waals surface area contributed by atoms with Crippen LogP contribution in [0.4, 0.5) is 5.82 Å². The normalized spacial score (nSPS) is 21.4. The van der Waals surface area contributed by atoms with Crippen LogP contribution in [0.5, 0.6) is 0 Å². The van der Waals surface area contributed by atoms with Gasteiger partial charge in [0.15, 0.2) is 17.7 Å². The van der Waals surface area contributed by atoms with Gasteiger partial charge in [-0.2, -0.15) is 4.31 Å². The number of anilines is 1. The van der Waals surface area contributed by atoms with Crippen LogP contribution in [0.3, 0.4) is 0 Å². The number of aliphatic hydroxyl groups is 2. The zero-order chi connectivity index (χ0) is 42.3. The van der Waals surface area contributed by atoms with E-state index in [1.165, 1.54) is 13.8 Å². The van der Waals surface area contributed by atoms with Crippen molar-refractivity contribution in [3.8, 4) is 0 Å². The number of ether oxygens (including phenoxy) is 1. The van der Waals surface area contributed by atoms with Gasteiger partial charge in [-0.1, -0.05) is 55.4 Å². The minimum absolute atomic E-state index is 0.0292. The lowest BCUT2D eigenvalue weighted by molar-refractivity contribution is -0.137. The summed E-state index contributed by atoms with van der Waals surface area (Å²) in [5.74, 6) is -1.17. The third kappa shape index (κ3) is 13.4. The average molecular weight is 886 g/mol. The van der Waals surface area contributed by atoms with Gasteiger partial charge < -0.3 is 50.9 Å². The van der Waals surface area contributed by atoms with E-state index in [9.17, 15) is 57.9 Å². The number of hydrogen-bond acceptors (Lipinski definition) is 18. The quantitative estimate of drug-likeness (QED) is 0.0543. The van der Waals surface area contributed by atoms with Crippen LogP contribution in [0.15, 0.2) is 36.9 Å². The van der Waals surface area contributed by atoms with Gasteiger partial charge in [0.2, 0.25) is 16.9 Å². The van der Waals surface area contributed by atoms with Crippen LogP contribution in [-0.4, -0.2) is 123 Å². The van der Waals surface area contributed by atoms with Crippen molar-refractivity contribution < 1.29 is 80.5 Å². The monoisotopic (exact) mass is 885 g/mol. The number of rotatable bonds is 20. The molecule has 3 heterocycles. The number of nitrogens with one attached hydrogen (secondary N) is 2. The van der Waals surface area contributed by atoms with E-state index in [1.54, 1.807) is 12.1 Å². The Hall–Kier alpha value is -3.22. The number of aromatic nitrogens is 4. The molecule has 316 valence electrons. The fourth-order valence-corrected chi connectivity index (χ4v) is 8.57. The molecule has 0 aliphatic carbocycles. The molecule has 0 radical (unpaired) electrons. The number of thioether (sulfide) groups is 1. The molecule has 28 heteroatoms. The summed E-state index contributed by atoms with van der Waals surface area (Å²) in [7, 11) is -16.4. The van der Waals surface area contributed by atoms with Gasteiger partial charge in [0, 0.05) is 36.2 Å². The number of imidazole rings is 1. The minimum atomic E-state index is -5.57. The molecule has 0 saturated carbocycles. The number of nitrogen functional groups attached to an aromatic ring is 1. The molecule has 24 nitrogen and oxygen atoms in total. The fraction of sp³-hybridized carbons (Fsp3) is 0.517. The Morgan fingerprint density at radius 2 is 1.68 bits per heavy atom. The van der Waals surface area contributed by atoms with Gasteiger partial charge in [0.05, 0.1) is 19.5 Å². The molecular weight excluding hydrogens is 843 g/mol. The first kappa shape index (κ1) is 46.5. The second kappa shape index (κ2) is 19.2. The maximum absolute atomic E-state index is 12.7. The van der Waals surface area contributed by atoms with Gasteiger partial charge in [-0.3, -0.25) is 32.5 Å². The maximum Gasteiger partial charge on any atom is 0.481 e. The van der Waals surface area contributed by atoms with E-state index in [4.69, 9.17) is 19.5 Å². The molecule has 1 saturated heterocycles. The zero-order valence-corrected chi connectivity index (χ0v) is 33.9. The molecule has 2 aromatic heterocycles. The molecule has 0 spiro atoms. The Bertz CT molecular complexity index is 2050. The number of carbonyl (C=O) groups is 3. The van der Waals surface area contributed by atoms with Gasteiger partial charge in [0.25, 0.3) is 0 Å². The average Bonchev–Trinajstić information content (AvgIpc) is 3.68. The predicted octanol–water partition coefficient (Wildman–Crippen LogP) is 0.287. The standard InChI is InChI=1S/C29H42N7O17P3S/c1-16-4-6-17(7-5-16)28(41)57-11-10-31-19(37)8-9-32-26(40)23(39)29(2,3)13-50-56(47,48)53-55(45,46)49-12-18-22(52-54(42,43)44)21(38)27(51-18)36-15-35-20-24(30)33-14-34-25(20)36/h4-7,14-15,18,21-23,27,38-39H,8-13H2,1-3H3,(H,31,37)(H,32,40)(H,45,46)(H,47,48)(H2,30,33,34)(H2,42,43,44)/t18-,21-,22-,23+,27-/m1/s1. The Labute approximate surface area is 328 Å². The van der Waals surface area contributed by atoms with Gasteiger partial charge in [-0.05, 0) is 6.92 Å². The minimum Gasteiger partial charge on any atom is -0.386 e. The lowest BCUT2D eigenvalue weighted by Gasteiger charge is -2.30. The number of aryl methyl sites for hydroxylation is 1. The third-order valence-electron chi connectivity index (χ3n) is 8.02. The largest absolute Gasteiger partial charge is 0.481 e. The lowest BCUT2D eigenvalue weighted by atomic mass is 9.87. The predicted molar refractivity (Wildman–Crippen MR) is 198 cm³/mol. The number of aliphatic hydroxyl groups excluding tert-OH is 2. The number of carbonyl (C=O) groups excluding carboxylic acids is 3. The van der Waals surface area contributed by atoms with Crippen LogP contribution in [-0.2, 0) is 45.9 Å². The topological polar surface area (TPSA) is 364 Å². The van der Waals surface area contributed by atoms with Gasteiger partial charge in [-0.15, -0.1) is 0 Å². The number of amides is 2. The first-order chi connectivity index (χ1) is 26.5. The number of hydrogen-bond donors (Lipinski definition) is 9. The summed E-state index contributed by atoms with van der Waals surface area (Å²) in [5.41, 5.74) is 5.80. The van der Waals surface area contributed by atoms with Crippen molar-refractivity contribution >= 4 is 69.1 Å².